The maximum atomic E-state index is 2.83. The zero-order valence-electron chi connectivity index (χ0n) is 38.5. The van der Waals surface area contributed by atoms with E-state index in [0.717, 1.165) is 6.42 Å². The minimum atomic E-state index is 0.152. The molecule has 0 radical (unpaired) electrons. The molecule has 0 spiro atoms. The minimum absolute atomic E-state index is 0.152. The van der Waals surface area contributed by atoms with Gasteiger partial charge < -0.3 is 0 Å². The first-order valence-electron chi connectivity index (χ1n) is 26.0. The number of fused-ring (bicyclic) bond motifs is 2. The molecule has 0 saturated heterocycles. The normalized spacial score (nSPS) is 25.5. The molecule has 10 aromatic rings. The average Bonchev–Trinajstić information content (AvgIpc) is 3.46. The molecule has 10 aromatic carbocycles. The van der Waals surface area contributed by atoms with Gasteiger partial charge in [-0.05, 0) is 168 Å². The first-order valence-corrected chi connectivity index (χ1v) is 26.0. The highest BCUT2D eigenvalue weighted by Gasteiger charge is 2.55. The molecule has 3 atom stereocenters. The van der Waals surface area contributed by atoms with Crippen LogP contribution >= 0.6 is 0 Å². The molecule has 0 heteroatoms. The van der Waals surface area contributed by atoms with Crippen LogP contribution in [0, 0.1) is 5.92 Å². The topological polar surface area (TPSA) is 0 Å². The molecule has 70 heavy (non-hydrogen) atoms. The summed E-state index contributed by atoms with van der Waals surface area (Å²) in [5.74, 6) is 1.95. The molecule has 0 saturated carbocycles. The lowest BCUT2D eigenvalue weighted by atomic mass is 9.50. The second-order valence-electron chi connectivity index (χ2n) is 22.1. The Morgan fingerprint density at radius 3 is 0.843 bits per heavy atom. The third-order valence-corrected chi connectivity index (χ3v) is 19.7. The van der Waals surface area contributed by atoms with Gasteiger partial charge in [-0.1, -0.05) is 194 Å². The molecule has 0 N–H and O–H groups in total. The van der Waals surface area contributed by atoms with E-state index in [9.17, 15) is 0 Å². The van der Waals surface area contributed by atoms with Crippen molar-refractivity contribution in [3.8, 4) is 0 Å². The number of rotatable bonds is 0. The maximum absolute atomic E-state index is 2.83. The van der Waals surface area contributed by atoms with Gasteiger partial charge >= 0.3 is 0 Å². The molecule has 324 valence electrons. The summed E-state index contributed by atoms with van der Waals surface area (Å²) >= 11 is 0. The van der Waals surface area contributed by atoms with Crippen LogP contribution in [0.5, 0.6) is 0 Å². The lowest BCUT2D eigenvalue weighted by molar-refractivity contribution is 0.457. The largest absolute Gasteiger partial charge is 0.0839 e. The smallest absolute Gasteiger partial charge is 0.0355 e. The van der Waals surface area contributed by atoms with E-state index in [1.165, 1.54) is 93.9 Å². The molecule has 0 aromatic heterocycles. The average molecular weight is 885 g/mol. The van der Waals surface area contributed by atoms with Crippen molar-refractivity contribution in [2.45, 2.75) is 53.8 Å². The summed E-state index contributed by atoms with van der Waals surface area (Å²) in [5, 5.41) is 5.97. The predicted octanol–water partition coefficient (Wildman–Crippen LogP) is 16.0. The van der Waals surface area contributed by atoms with E-state index in [0.29, 0.717) is 5.92 Å². The van der Waals surface area contributed by atoms with Crippen LogP contribution in [-0.2, 0) is 0 Å². The molecular formula is C70H44. The third kappa shape index (κ3) is 3.91. The molecule has 0 amide bonds. The van der Waals surface area contributed by atoms with Crippen LogP contribution in [0.1, 0.15) is 176 Å². The van der Waals surface area contributed by atoms with Gasteiger partial charge in [-0.25, -0.2) is 0 Å². The SMILES string of the molecule is C1=CCC2C(=C1)C1c3ccccc3C2c2c1c1c(c3cc4c5c(c6c(c4cc23)C2c3ccccc3C6c3ccccc32)C2c3ccccc3C5c3ccccc32)C2c3ccccc3C1c1ccccc12. The van der Waals surface area contributed by atoms with Crippen LogP contribution in [0.3, 0.4) is 0 Å². The maximum Gasteiger partial charge on any atom is 0.0355 e. The highest BCUT2D eigenvalue weighted by molar-refractivity contribution is 6.10. The lowest BCUT2D eigenvalue weighted by Crippen LogP contribution is -2.38. The number of hydrogen-bond donors (Lipinski definition) is 0. The molecule has 0 heterocycles. The standard InChI is InChI=1S/C70H44/c1-9-25-43-35(17-1)55-36-18-2-10-26-44(36)59(43)67-63(55)51-33-53-54(34-52(51)64-56-37-19-3-11-27-45(37)60(68(64)67)46-28-12-4-20-38(46)56)66-58-41-23-7-15-31-49(41)62(50-32-16-8-24-42(50)58)70(66)69-61-47-29-13-5-21-39(47)57(65(53)69)40-22-6-14-30-48(40)61/h1-23,25-34,42,55-62H,24H2. The van der Waals surface area contributed by atoms with Crippen LogP contribution in [0.15, 0.2) is 206 Å². The fourth-order valence-corrected chi connectivity index (χ4v) is 17.7. The van der Waals surface area contributed by atoms with Crippen LogP contribution in [0.2, 0.25) is 0 Å². The van der Waals surface area contributed by atoms with Gasteiger partial charge in [0.15, 0.2) is 0 Å². The molecule has 13 aliphatic carbocycles. The van der Waals surface area contributed by atoms with Gasteiger partial charge in [0.1, 0.15) is 0 Å². The quantitative estimate of drug-likeness (QED) is 0.133. The minimum Gasteiger partial charge on any atom is -0.0839 e. The van der Waals surface area contributed by atoms with E-state index in [-0.39, 0.29) is 47.3 Å². The third-order valence-electron chi connectivity index (χ3n) is 19.7. The Bertz CT molecular complexity index is 4090. The van der Waals surface area contributed by atoms with E-state index < -0.39 is 0 Å². The zero-order valence-corrected chi connectivity index (χ0v) is 38.5. The van der Waals surface area contributed by atoms with Crippen molar-refractivity contribution in [2.24, 2.45) is 5.92 Å². The molecule has 0 nitrogen and oxygen atoms in total. The van der Waals surface area contributed by atoms with Gasteiger partial charge in [-0.2, -0.15) is 0 Å². The van der Waals surface area contributed by atoms with Crippen molar-refractivity contribution in [1.82, 2.24) is 0 Å². The second-order valence-corrected chi connectivity index (χ2v) is 22.1. The Morgan fingerprint density at radius 2 is 0.514 bits per heavy atom. The summed E-state index contributed by atoms with van der Waals surface area (Å²) in [5.41, 5.74) is 35.5. The van der Waals surface area contributed by atoms with Crippen LogP contribution in [0.25, 0.3) is 21.5 Å². The number of hydrogen-bond acceptors (Lipinski definition) is 0. The molecular weight excluding hydrogens is 841 g/mol. The molecule has 3 unspecified atom stereocenters. The van der Waals surface area contributed by atoms with E-state index >= 15 is 0 Å². The van der Waals surface area contributed by atoms with Crippen LogP contribution in [0.4, 0.5) is 0 Å². The fraction of sp³-hybridized carbons (Fsp3) is 0.143. The Morgan fingerprint density at radius 1 is 0.257 bits per heavy atom. The van der Waals surface area contributed by atoms with Gasteiger partial charge in [0.25, 0.3) is 0 Å². The highest BCUT2D eigenvalue weighted by Crippen LogP contribution is 2.70. The fourth-order valence-electron chi connectivity index (χ4n) is 17.7. The summed E-state index contributed by atoms with van der Waals surface area (Å²) in [6.07, 6.45) is 8.45. The summed E-state index contributed by atoms with van der Waals surface area (Å²) in [6, 6.07) is 72.6. The van der Waals surface area contributed by atoms with Crippen molar-refractivity contribution < 1.29 is 0 Å². The Balaban J connectivity index is 1.04. The Labute approximate surface area is 407 Å². The van der Waals surface area contributed by atoms with Gasteiger partial charge in [0.2, 0.25) is 0 Å². The summed E-state index contributed by atoms with van der Waals surface area (Å²) in [4.78, 5) is 0. The number of benzene rings is 10. The van der Waals surface area contributed by atoms with Crippen molar-refractivity contribution in [1.29, 1.82) is 0 Å². The first kappa shape index (κ1) is 36.2. The Kier molecular flexibility index (Phi) is 6.37. The summed E-state index contributed by atoms with van der Waals surface area (Å²) < 4.78 is 0. The van der Waals surface area contributed by atoms with Crippen LogP contribution < -0.4 is 0 Å². The van der Waals surface area contributed by atoms with Gasteiger partial charge in [-0.15, -0.1) is 0 Å². The summed E-state index contributed by atoms with van der Waals surface area (Å²) in [7, 11) is 0. The summed E-state index contributed by atoms with van der Waals surface area (Å²) in [6.45, 7) is 0. The predicted molar refractivity (Wildman–Crippen MR) is 281 cm³/mol. The highest BCUT2D eigenvalue weighted by atomic mass is 14.6. The van der Waals surface area contributed by atoms with E-state index in [1.807, 2.05) is 0 Å². The molecule has 0 fully saturated rings. The lowest BCUT2D eigenvalue weighted by Gasteiger charge is -2.53. The Hall–Kier alpha value is -7.80. The van der Waals surface area contributed by atoms with Crippen LogP contribution in [-0.4, -0.2) is 0 Å². The number of allylic oxidation sites excluding steroid dienone is 4. The van der Waals surface area contributed by atoms with Gasteiger partial charge in [0, 0.05) is 47.3 Å². The molecule has 13 aliphatic rings. The van der Waals surface area contributed by atoms with E-state index in [1.54, 1.807) is 55.6 Å². The van der Waals surface area contributed by atoms with E-state index in [2.05, 4.69) is 200 Å². The van der Waals surface area contributed by atoms with Gasteiger partial charge in [-0.3, -0.25) is 0 Å². The van der Waals surface area contributed by atoms with Crippen molar-refractivity contribution >= 4 is 21.5 Å². The zero-order chi connectivity index (χ0) is 44.8. The van der Waals surface area contributed by atoms with Gasteiger partial charge in [0.05, 0.1) is 0 Å². The van der Waals surface area contributed by atoms with E-state index in [4.69, 9.17) is 0 Å². The molecule has 0 aliphatic heterocycles. The molecule has 8 bridgehead atoms. The first-order chi connectivity index (χ1) is 34.8. The monoisotopic (exact) mass is 884 g/mol. The van der Waals surface area contributed by atoms with Crippen molar-refractivity contribution in [2.75, 3.05) is 0 Å². The van der Waals surface area contributed by atoms with Crippen molar-refractivity contribution in [3.63, 3.8) is 0 Å². The van der Waals surface area contributed by atoms with Crippen molar-refractivity contribution in [3.05, 3.63) is 328 Å². The second kappa shape index (κ2) is 12.3. The molecule has 23 rings (SSSR count).